The highest BCUT2D eigenvalue weighted by Gasteiger charge is 2.14. The lowest BCUT2D eigenvalue weighted by atomic mass is 10.1. The number of aliphatic carboxylic acids is 1. The van der Waals surface area contributed by atoms with Crippen LogP contribution in [0.1, 0.15) is 84.5 Å². The monoisotopic (exact) mass is 392 g/mol. The lowest BCUT2D eigenvalue weighted by molar-refractivity contribution is -0.136. The molecule has 3 heteroatoms. The average molecular weight is 393 g/mol. The summed E-state index contributed by atoms with van der Waals surface area (Å²) in [4.78, 5) is 10.9. The molecule has 0 aromatic carbocycles. The molecule has 0 fully saturated rings. The highest BCUT2D eigenvalue weighted by Crippen LogP contribution is 2.17. The van der Waals surface area contributed by atoms with Crippen molar-refractivity contribution in [3.8, 4) is 0 Å². The van der Waals surface area contributed by atoms with Gasteiger partial charge in [-0.3, -0.25) is 4.79 Å². The number of hydrogen-bond donors (Lipinski definition) is 1. The van der Waals surface area contributed by atoms with Gasteiger partial charge >= 0.3 is 5.97 Å². The predicted octanol–water partition coefficient (Wildman–Crippen LogP) is 7.73. The SMILES string of the molecule is CC/C=C\C/C=C\C/C=C\C/C=C\CCCCCCCSC(CC)C(=O)O. The lowest BCUT2D eigenvalue weighted by Gasteiger charge is -2.08. The fourth-order valence-corrected chi connectivity index (χ4v) is 3.62. The van der Waals surface area contributed by atoms with Crippen LogP contribution in [-0.4, -0.2) is 22.1 Å². The maximum atomic E-state index is 10.9. The van der Waals surface area contributed by atoms with Crippen LogP contribution in [0.25, 0.3) is 0 Å². The van der Waals surface area contributed by atoms with Gasteiger partial charge in [0.25, 0.3) is 0 Å². The second kappa shape index (κ2) is 21.1. The fraction of sp³-hybridized carbons (Fsp3) is 0.625. The molecule has 0 amide bonds. The van der Waals surface area contributed by atoms with E-state index in [1.165, 1.54) is 32.1 Å². The molecule has 0 spiro atoms. The van der Waals surface area contributed by atoms with Gasteiger partial charge in [0.15, 0.2) is 0 Å². The summed E-state index contributed by atoms with van der Waals surface area (Å²) in [6.07, 6.45) is 30.1. The molecule has 0 saturated carbocycles. The summed E-state index contributed by atoms with van der Waals surface area (Å²) in [5.74, 6) is 0.308. The Morgan fingerprint density at radius 2 is 1.30 bits per heavy atom. The Bertz CT molecular complexity index is 449. The van der Waals surface area contributed by atoms with Crippen LogP contribution < -0.4 is 0 Å². The van der Waals surface area contributed by atoms with Gasteiger partial charge in [-0.1, -0.05) is 81.7 Å². The van der Waals surface area contributed by atoms with Gasteiger partial charge < -0.3 is 5.11 Å². The van der Waals surface area contributed by atoms with Crippen LogP contribution in [0.5, 0.6) is 0 Å². The first-order chi connectivity index (χ1) is 13.2. The van der Waals surface area contributed by atoms with Crippen LogP contribution in [0.15, 0.2) is 48.6 Å². The van der Waals surface area contributed by atoms with Gasteiger partial charge in [0.1, 0.15) is 5.25 Å². The number of rotatable bonds is 18. The van der Waals surface area contributed by atoms with E-state index < -0.39 is 5.97 Å². The van der Waals surface area contributed by atoms with Gasteiger partial charge in [-0.15, -0.1) is 11.8 Å². The molecule has 1 atom stereocenters. The molecule has 0 aromatic rings. The minimum absolute atomic E-state index is 0.219. The molecule has 1 unspecified atom stereocenters. The summed E-state index contributed by atoms with van der Waals surface area (Å²) in [6, 6.07) is 0. The number of unbranched alkanes of at least 4 members (excludes halogenated alkanes) is 5. The summed E-state index contributed by atoms with van der Waals surface area (Å²) < 4.78 is 0. The standard InChI is InChI=1S/C24H40O2S/c1-3-5-6-7-8-9-10-11-12-13-14-15-16-17-18-19-20-21-22-27-23(4-2)24(25)26/h5-6,8-9,11-12,14-15,23H,3-4,7,10,13,16-22H2,1-2H3,(H,25,26)/b6-5-,9-8-,12-11-,15-14-. The van der Waals surface area contributed by atoms with Gasteiger partial charge in [-0.05, 0) is 57.1 Å². The highest BCUT2D eigenvalue weighted by molar-refractivity contribution is 8.00. The molecule has 0 heterocycles. The van der Waals surface area contributed by atoms with E-state index in [2.05, 4.69) is 55.5 Å². The fourth-order valence-electron chi connectivity index (χ4n) is 2.58. The first-order valence-electron chi connectivity index (χ1n) is 10.7. The minimum atomic E-state index is -0.666. The van der Waals surface area contributed by atoms with Gasteiger partial charge in [0.2, 0.25) is 0 Å². The number of carbonyl (C=O) groups is 1. The number of allylic oxidation sites excluding steroid dienone is 8. The van der Waals surface area contributed by atoms with Crippen LogP contribution in [0.2, 0.25) is 0 Å². The van der Waals surface area contributed by atoms with E-state index in [0.717, 1.165) is 44.3 Å². The zero-order valence-electron chi connectivity index (χ0n) is 17.4. The topological polar surface area (TPSA) is 37.3 Å². The number of hydrogen-bond acceptors (Lipinski definition) is 2. The van der Waals surface area contributed by atoms with Crippen molar-refractivity contribution in [2.24, 2.45) is 0 Å². The third-order valence-corrected chi connectivity index (χ3v) is 5.66. The van der Waals surface area contributed by atoms with Gasteiger partial charge in [-0.25, -0.2) is 0 Å². The quantitative estimate of drug-likeness (QED) is 0.191. The smallest absolute Gasteiger partial charge is 0.316 e. The Kier molecular flexibility index (Phi) is 20.1. The van der Waals surface area contributed by atoms with Crippen LogP contribution in [0, 0.1) is 0 Å². The van der Waals surface area contributed by atoms with Crippen LogP contribution in [0.3, 0.4) is 0 Å². The van der Waals surface area contributed by atoms with Crippen LogP contribution in [-0.2, 0) is 4.79 Å². The normalized spacial score (nSPS) is 13.6. The highest BCUT2D eigenvalue weighted by atomic mass is 32.2. The van der Waals surface area contributed by atoms with Gasteiger partial charge in [0.05, 0.1) is 0 Å². The van der Waals surface area contributed by atoms with Crippen molar-refractivity contribution >= 4 is 17.7 Å². The van der Waals surface area contributed by atoms with Crippen molar-refractivity contribution in [2.75, 3.05) is 5.75 Å². The van der Waals surface area contributed by atoms with Crippen molar-refractivity contribution in [3.63, 3.8) is 0 Å². The van der Waals surface area contributed by atoms with E-state index in [1.807, 2.05) is 6.92 Å². The Balaban J connectivity index is 3.39. The maximum Gasteiger partial charge on any atom is 0.316 e. The summed E-state index contributed by atoms with van der Waals surface area (Å²) in [7, 11) is 0. The van der Waals surface area contributed by atoms with E-state index in [1.54, 1.807) is 11.8 Å². The molecular formula is C24H40O2S. The molecule has 2 nitrogen and oxygen atoms in total. The van der Waals surface area contributed by atoms with Crippen LogP contribution >= 0.6 is 11.8 Å². The average Bonchev–Trinajstić information content (AvgIpc) is 2.66. The first kappa shape index (κ1) is 25.8. The second-order valence-corrected chi connectivity index (χ2v) is 7.97. The molecule has 0 saturated heterocycles. The number of carboxylic acid groups (broad SMARTS) is 1. The Morgan fingerprint density at radius 3 is 1.85 bits per heavy atom. The molecular weight excluding hydrogens is 352 g/mol. The van der Waals surface area contributed by atoms with Crippen molar-refractivity contribution < 1.29 is 9.90 Å². The second-order valence-electron chi connectivity index (χ2n) is 6.66. The zero-order chi connectivity index (χ0) is 20.0. The van der Waals surface area contributed by atoms with Gasteiger partial charge in [0, 0.05) is 0 Å². The summed E-state index contributed by atoms with van der Waals surface area (Å²) in [6.45, 7) is 4.10. The number of carboxylic acids is 1. The van der Waals surface area contributed by atoms with E-state index in [-0.39, 0.29) is 5.25 Å². The molecule has 0 aromatic heterocycles. The predicted molar refractivity (Wildman–Crippen MR) is 123 cm³/mol. The van der Waals surface area contributed by atoms with E-state index in [0.29, 0.717) is 0 Å². The Labute approximate surface area is 171 Å². The molecule has 0 aliphatic carbocycles. The largest absolute Gasteiger partial charge is 0.480 e. The summed E-state index contributed by atoms with van der Waals surface area (Å²) in [5, 5.41) is 8.77. The van der Waals surface area contributed by atoms with E-state index in [9.17, 15) is 4.79 Å². The van der Waals surface area contributed by atoms with Crippen LogP contribution in [0.4, 0.5) is 0 Å². The first-order valence-corrected chi connectivity index (χ1v) is 11.7. The van der Waals surface area contributed by atoms with Gasteiger partial charge in [-0.2, -0.15) is 0 Å². The van der Waals surface area contributed by atoms with Crippen molar-refractivity contribution in [1.82, 2.24) is 0 Å². The molecule has 0 bridgehead atoms. The molecule has 0 aliphatic rings. The van der Waals surface area contributed by atoms with Crippen molar-refractivity contribution in [1.29, 1.82) is 0 Å². The molecule has 27 heavy (non-hydrogen) atoms. The maximum absolute atomic E-state index is 10.9. The van der Waals surface area contributed by atoms with Crippen molar-refractivity contribution in [2.45, 2.75) is 89.7 Å². The van der Waals surface area contributed by atoms with Crippen molar-refractivity contribution in [3.05, 3.63) is 48.6 Å². The molecule has 0 aliphatic heterocycles. The minimum Gasteiger partial charge on any atom is -0.480 e. The lowest BCUT2D eigenvalue weighted by Crippen LogP contribution is -2.15. The summed E-state index contributed by atoms with van der Waals surface area (Å²) >= 11 is 1.59. The third-order valence-electron chi connectivity index (χ3n) is 4.20. The molecule has 154 valence electrons. The number of thioether (sulfide) groups is 1. The molecule has 0 rings (SSSR count). The Hall–Kier alpha value is -1.22. The van der Waals surface area contributed by atoms with E-state index in [4.69, 9.17) is 5.11 Å². The molecule has 0 radical (unpaired) electrons. The Morgan fingerprint density at radius 1 is 0.778 bits per heavy atom. The summed E-state index contributed by atoms with van der Waals surface area (Å²) in [5.41, 5.74) is 0. The zero-order valence-corrected chi connectivity index (χ0v) is 18.3. The molecule has 1 N–H and O–H groups in total. The third kappa shape index (κ3) is 19.3. The van der Waals surface area contributed by atoms with E-state index >= 15 is 0 Å².